The molecule has 2 aromatic carbocycles. The maximum absolute atomic E-state index is 12.0. The summed E-state index contributed by atoms with van der Waals surface area (Å²) in [4.78, 5) is 12.0. The van der Waals surface area contributed by atoms with Crippen LogP contribution in [0.25, 0.3) is 0 Å². The highest BCUT2D eigenvalue weighted by Gasteiger charge is 2.15. The number of carbonyl (C=O) groups is 1. The standard InChI is InChI=1S/C16H12BrN3O2/c17-12-6-8-13(9-7-12)18-15(21)16-20-19-14(22-16)10-11-4-2-1-3-5-11/h1-9H,10H2,(H,18,21). The van der Waals surface area contributed by atoms with Crippen LogP contribution in [0.3, 0.4) is 0 Å². The lowest BCUT2D eigenvalue weighted by Gasteiger charge is -2.01. The van der Waals surface area contributed by atoms with Gasteiger partial charge < -0.3 is 9.73 Å². The number of rotatable bonds is 4. The molecule has 0 aliphatic heterocycles. The van der Waals surface area contributed by atoms with Crippen LogP contribution in [-0.4, -0.2) is 16.1 Å². The van der Waals surface area contributed by atoms with Gasteiger partial charge in [-0.25, -0.2) is 0 Å². The first-order valence-corrected chi connectivity index (χ1v) is 7.43. The molecule has 1 amide bonds. The highest BCUT2D eigenvalue weighted by molar-refractivity contribution is 9.10. The van der Waals surface area contributed by atoms with Gasteiger partial charge in [0, 0.05) is 10.2 Å². The van der Waals surface area contributed by atoms with Crippen LogP contribution in [0.2, 0.25) is 0 Å². The molecule has 22 heavy (non-hydrogen) atoms. The fourth-order valence-electron chi connectivity index (χ4n) is 1.91. The third-order valence-corrected chi connectivity index (χ3v) is 3.49. The molecule has 0 aliphatic carbocycles. The monoisotopic (exact) mass is 357 g/mol. The summed E-state index contributed by atoms with van der Waals surface area (Å²) in [6.07, 6.45) is 0.499. The number of halogens is 1. The molecule has 0 aliphatic rings. The average molecular weight is 358 g/mol. The summed E-state index contributed by atoms with van der Waals surface area (Å²) in [5.41, 5.74) is 1.71. The molecular formula is C16H12BrN3O2. The predicted octanol–water partition coefficient (Wildman–Crippen LogP) is 3.68. The lowest BCUT2D eigenvalue weighted by molar-refractivity contribution is 0.0988. The van der Waals surface area contributed by atoms with Crippen molar-refractivity contribution in [2.45, 2.75) is 6.42 Å². The van der Waals surface area contributed by atoms with Crippen molar-refractivity contribution in [2.75, 3.05) is 5.32 Å². The second kappa shape index (κ2) is 6.53. The molecule has 1 aromatic heterocycles. The van der Waals surface area contributed by atoms with E-state index in [1.165, 1.54) is 0 Å². The number of hydrogen-bond acceptors (Lipinski definition) is 4. The van der Waals surface area contributed by atoms with Crippen molar-refractivity contribution < 1.29 is 9.21 Å². The first-order valence-electron chi connectivity index (χ1n) is 6.64. The number of amides is 1. The average Bonchev–Trinajstić information content (AvgIpc) is 2.99. The Morgan fingerprint density at radius 3 is 2.50 bits per heavy atom. The fraction of sp³-hybridized carbons (Fsp3) is 0.0625. The molecule has 0 unspecified atom stereocenters. The Bertz CT molecular complexity index is 770. The minimum atomic E-state index is -0.422. The summed E-state index contributed by atoms with van der Waals surface area (Å²) >= 11 is 3.34. The normalized spacial score (nSPS) is 10.4. The highest BCUT2D eigenvalue weighted by atomic mass is 79.9. The van der Waals surface area contributed by atoms with Crippen molar-refractivity contribution in [1.29, 1.82) is 0 Å². The van der Waals surface area contributed by atoms with E-state index in [9.17, 15) is 4.79 Å². The molecule has 0 fully saturated rings. The van der Waals surface area contributed by atoms with Gasteiger partial charge in [-0.3, -0.25) is 4.79 Å². The largest absolute Gasteiger partial charge is 0.417 e. The summed E-state index contributed by atoms with van der Waals surface area (Å²) in [5.74, 6) is -0.0601. The van der Waals surface area contributed by atoms with Gasteiger partial charge in [0.15, 0.2) is 0 Å². The molecule has 110 valence electrons. The van der Waals surface area contributed by atoms with E-state index in [4.69, 9.17) is 4.42 Å². The summed E-state index contributed by atoms with van der Waals surface area (Å²) in [7, 11) is 0. The zero-order valence-corrected chi connectivity index (χ0v) is 13.1. The van der Waals surface area contributed by atoms with Crippen molar-refractivity contribution >= 4 is 27.5 Å². The summed E-state index contributed by atoms with van der Waals surface area (Å²) < 4.78 is 6.34. The van der Waals surface area contributed by atoms with Crippen molar-refractivity contribution in [1.82, 2.24) is 10.2 Å². The molecule has 0 atom stereocenters. The Morgan fingerprint density at radius 2 is 1.77 bits per heavy atom. The SMILES string of the molecule is O=C(Nc1ccc(Br)cc1)c1nnc(Cc2ccccc2)o1. The minimum Gasteiger partial charge on any atom is -0.417 e. The number of hydrogen-bond donors (Lipinski definition) is 1. The molecule has 0 saturated heterocycles. The van der Waals surface area contributed by atoms with E-state index in [0.29, 0.717) is 18.0 Å². The number of aromatic nitrogens is 2. The maximum Gasteiger partial charge on any atom is 0.313 e. The van der Waals surface area contributed by atoms with Gasteiger partial charge in [-0.05, 0) is 29.8 Å². The van der Waals surface area contributed by atoms with E-state index in [1.807, 2.05) is 42.5 Å². The lowest BCUT2D eigenvalue weighted by Crippen LogP contribution is -2.12. The molecule has 6 heteroatoms. The molecule has 3 rings (SSSR count). The first kappa shape index (κ1) is 14.5. The molecule has 0 bridgehead atoms. The van der Waals surface area contributed by atoms with Gasteiger partial charge >= 0.3 is 11.8 Å². The van der Waals surface area contributed by atoms with E-state index < -0.39 is 5.91 Å². The zero-order chi connectivity index (χ0) is 15.4. The van der Waals surface area contributed by atoms with E-state index in [2.05, 4.69) is 31.4 Å². The summed E-state index contributed by atoms with van der Waals surface area (Å²) in [6, 6.07) is 17.0. The van der Waals surface area contributed by atoms with Crippen molar-refractivity contribution in [2.24, 2.45) is 0 Å². The Kier molecular flexibility index (Phi) is 4.29. The lowest BCUT2D eigenvalue weighted by atomic mass is 10.2. The molecule has 0 spiro atoms. The van der Waals surface area contributed by atoms with Crippen molar-refractivity contribution in [3.63, 3.8) is 0 Å². The van der Waals surface area contributed by atoms with Gasteiger partial charge in [-0.1, -0.05) is 46.3 Å². The third-order valence-electron chi connectivity index (χ3n) is 2.96. The first-order chi connectivity index (χ1) is 10.7. The molecular weight excluding hydrogens is 346 g/mol. The van der Waals surface area contributed by atoms with E-state index in [0.717, 1.165) is 10.0 Å². The molecule has 1 heterocycles. The molecule has 0 radical (unpaired) electrons. The van der Waals surface area contributed by atoms with Crippen LogP contribution in [-0.2, 0) is 6.42 Å². The summed E-state index contributed by atoms with van der Waals surface area (Å²) in [6.45, 7) is 0. The number of anilines is 1. The van der Waals surface area contributed by atoms with Crippen LogP contribution < -0.4 is 5.32 Å². The molecule has 1 N–H and O–H groups in total. The Labute approximate surface area is 135 Å². The Morgan fingerprint density at radius 1 is 1.05 bits per heavy atom. The molecule has 5 nitrogen and oxygen atoms in total. The minimum absolute atomic E-state index is 0.0474. The molecule has 3 aromatic rings. The van der Waals surface area contributed by atoms with Crippen LogP contribution >= 0.6 is 15.9 Å². The number of carbonyl (C=O) groups excluding carboxylic acids is 1. The van der Waals surface area contributed by atoms with E-state index in [1.54, 1.807) is 12.1 Å². The van der Waals surface area contributed by atoms with Crippen LogP contribution in [0, 0.1) is 0 Å². The quantitative estimate of drug-likeness (QED) is 0.773. The van der Waals surface area contributed by atoms with Crippen LogP contribution in [0.1, 0.15) is 22.1 Å². The van der Waals surface area contributed by atoms with E-state index >= 15 is 0 Å². The zero-order valence-electron chi connectivity index (χ0n) is 11.5. The second-order valence-corrected chi connectivity index (χ2v) is 5.54. The van der Waals surface area contributed by atoms with Crippen LogP contribution in [0.15, 0.2) is 63.5 Å². The number of nitrogens with zero attached hydrogens (tertiary/aromatic N) is 2. The van der Waals surface area contributed by atoms with Gasteiger partial charge in [0.25, 0.3) is 0 Å². The molecule has 0 saturated carbocycles. The van der Waals surface area contributed by atoms with Gasteiger partial charge in [0.2, 0.25) is 5.89 Å². The smallest absolute Gasteiger partial charge is 0.313 e. The predicted molar refractivity (Wildman–Crippen MR) is 85.6 cm³/mol. The second-order valence-electron chi connectivity index (χ2n) is 4.62. The van der Waals surface area contributed by atoms with Gasteiger partial charge in [-0.15, -0.1) is 10.2 Å². The van der Waals surface area contributed by atoms with Crippen LogP contribution in [0.5, 0.6) is 0 Å². The van der Waals surface area contributed by atoms with Crippen molar-refractivity contribution in [3.8, 4) is 0 Å². The van der Waals surface area contributed by atoms with Gasteiger partial charge in [0.05, 0.1) is 6.42 Å². The van der Waals surface area contributed by atoms with Crippen LogP contribution in [0.4, 0.5) is 5.69 Å². The van der Waals surface area contributed by atoms with Gasteiger partial charge in [0.1, 0.15) is 0 Å². The number of benzene rings is 2. The number of nitrogens with one attached hydrogen (secondary N) is 1. The third kappa shape index (κ3) is 3.59. The van der Waals surface area contributed by atoms with E-state index in [-0.39, 0.29) is 5.89 Å². The fourth-order valence-corrected chi connectivity index (χ4v) is 2.17. The Balaban J connectivity index is 1.67. The highest BCUT2D eigenvalue weighted by Crippen LogP contribution is 2.15. The van der Waals surface area contributed by atoms with Gasteiger partial charge in [-0.2, -0.15) is 0 Å². The Hall–Kier alpha value is -2.47. The van der Waals surface area contributed by atoms with Crippen molar-refractivity contribution in [3.05, 3.63) is 76.4 Å². The summed E-state index contributed by atoms with van der Waals surface area (Å²) in [5, 5.41) is 10.4. The maximum atomic E-state index is 12.0. The topological polar surface area (TPSA) is 68.0 Å².